The van der Waals surface area contributed by atoms with Crippen molar-refractivity contribution in [2.75, 3.05) is 26.8 Å². The van der Waals surface area contributed by atoms with E-state index in [0.29, 0.717) is 19.1 Å². The molecule has 0 heterocycles. The molecule has 0 radical (unpaired) electrons. The second-order valence-corrected chi connectivity index (χ2v) is 4.43. The third kappa shape index (κ3) is 9.38. The Bertz CT molecular complexity index is 414. The molecule has 6 heteroatoms. The first-order valence-corrected chi connectivity index (χ1v) is 7.07. The molecule has 0 atom stereocenters. The molecule has 0 aliphatic carbocycles. The molecule has 120 valence electrons. The van der Waals surface area contributed by atoms with Crippen molar-refractivity contribution >= 4 is 29.9 Å². The van der Waals surface area contributed by atoms with E-state index >= 15 is 0 Å². The number of methoxy groups -OCH3 is 1. The zero-order valence-corrected chi connectivity index (χ0v) is 15.1. The lowest BCUT2D eigenvalue weighted by Crippen LogP contribution is -2.32. The Morgan fingerprint density at radius 3 is 2.76 bits per heavy atom. The average molecular weight is 407 g/mol. The number of hydrogen-bond acceptors (Lipinski definition) is 3. The van der Waals surface area contributed by atoms with Gasteiger partial charge in [0, 0.05) is 25.6 Å². The number of benzene rings is 1. The Labute approximate surface area is 144 Å². The predicted molar refractivity (Wildman–Crippen MR) is 97.9 cm³/mol. The van der Waals surface area contributed by atoms with Gasteiger partial charge in [0.25, 0.3) is 0 Å². The van der Waals surface area contributed by atoms with Crippen LogP contribution < -0.4 is 20.5 Å². The summed E-state index contributed by atoms with van der Waals surface area (Å²) < 4.78 is 10.8. The molecule has 0 bridgehead atoms. The largest absolute Gasteiger partial charge is 0.497 e. The predicted octanol–water partition coefficient (Wildman–Crippen LogP) is 2.79. The summed E-state index contributed by atoms with van der Waals surface area (Å²) in [6.45, 7) is 4.30. The molecule has 0 aromatic heterocycles. The fourth-order valence-electron chi connectivity index (χ4n) is 1.59. The lowest BCUT2D eigenvalue weighted by molar-refractivity contribution is 0.311. The van der Waals surface area contributed by atoms with Crippen LogP contribution in [0.15, 0.2) is 29.3 Å². The van der Waals surface area contributed by atoms with E-state index in [2.05, 4.69) is 17.2 Å². The van der Waals surface area contributed by atoms with Gasteiger partial charge in [0.1, 0.15) is 11.5 Å². The van der Waals surface area contributed by atoms with Crippen molar-refractivity contribution < 1.29 is 9.47 Å². The van der Waals surface area contributed by atoms with Crippen molar-refractivity contribution in [3.8, 4) is 11.5 Å². The molecule has 0 unspecified atom stereocenters. The molecule has 1 aromatic carbocycles. The van der Waals surface area contributed by atoms with Gasteiger partial charge in [-0.1, -0.05) is 19.4 Å². The molecular weight excluding hydrogens is 381 g/mol. The molecule has 0 aliphatic heterocycles. The number of nitrogens with two attached hydrogens (primary N) is 1. The van der Waals surface area contributed by atoms with Gasteiger partial charge >= 0.3 is 0 Å². The number of ether oxygens (including phenoxy) is 2. The van der Waals surface area contributed by atoms with Gasteiger partial charge < -0.3 is 20.5 Å². The summed E-state index contributed by atoms with van der Waals surface area (Å²) in [7, 11) is 1.64. The summed E-state index contributed by atoms with van der Waals surface area (Å²) in [4.78, 5) is 4.24. The molecule has 21 heavy (non-hydrogen) atoms. The third-order valence-corrected chi connectivity index (χ3v) is 2.73. The number of nitrogens with one attached hydrogen (secondary N) is 1. The minimum atomic E-state index is 0. The Hall–Kier alpha value is -1.18. The maximum absolute atomic E-state index is 5.73. The minimum Gasteiger partial charge on any atom is -0.497 e. The summed E-state index contributed by atoms with van der Waals surface area (Å²) in [6.07, 6.45) is 3.08. The van der Waals surface area contributed by atoms with E-state index < -0.39 is 0 Å². The molecule has 0 saturated heterocycles. The van der Waals surface area contributed by atoms with Crippen molar-refractivity contribution in [2.45, 2.75) is 26.2 Å². The molecule has 1 rings (SSSR count). The van der Waals surface area contributed by atoms with Crippen LogP contribution in [-0.4, -0.2) is 32.8 Å². The van der Waals surface area contributed by atoms with Crippen LogP contribution >= 0.6 is 24.0 Å². The average Bonchev–Trinajstić information content (AvgIpc) is 2.47. The Balaban J connectivity index is 0.00000400. The highest BCUT2D eigenvalue weighted by atomic mass is 127. The Kier molecular flexibility index (Phi) is 11.8. The number of halogens is 1. The number of unbranched alkanes of at least 4 members (excludes halogenated alkanes) is 1. The summed E-state index contributed by atoms with van der Waals surface area (Å²) in [6, 6.07) is 7.57. The number of hydrogen-bond donors (Lipinski definition) is 2. The normalized spacial score (nSPS) is 10.7. The van der Waals surface area contributed by atoms with Crippen molar-refractivity contribution in [3.63, 3.8) is 0 Å². The monoisotopic (exact) mass is 407 g/mol. The second-order valence-electron chi connectivity index (χ2n) is 4.43. The summed E-state index contributed by atoms with van der Waals surface area (Å²) in [5.41, 5.74) is 5.73. The second kappa shape index (κ2) is 12.6. The highest BCUT2D eigenvalue weighted by molar-refractivity contribution is 14.0. The van der Waals surface area contributed by atoms with Crippen LogP contribution in [0.3, 0.4) is 0 Å². The molecule has 0 saturated carbocycles. The van der Waals surface area contributed by atoms with Crippen LogP contribution in [0.5, 0.6) is 11.5 Å². The SMILES string of the molecule is CCCCNC(N)=NCCCOc1cccc(OC)c1.I. The van der Waals surface area contributed by atoms with Gasteiger partial charge in [0.15, 0.2) is 5.96 Å². The van der Waals surface area contributed by atoms with Crippen LogP contribution in [0, 0.1) is 0 Å². The summed E-state index contributed by atoms with van der Waals surface area (Å²) in [5, 5.41) is 3.08. The van der Waals surface area contributed by atoms with Crippen LogP contribution in [0.2, 0.25) is 0 Å². The first-order valence-electron chi connectivity index (χ1n) is 7.07. The van der Waals surface area contributed by atoms with Gasteiger partial charge in [-0.3, -0.25) is 4.99 Å². The first-order chi connectivity index (χ1) is 9.76. The fraction of sp³-hybridized carbons (Fsp3) is 0.533. The number of nitrogens with zero attached hydrogens (tertiary/aromatic N) is 1. The van der Waals surface area contributed by atoms with Crippen LogP contribution in [0.4, 0.5) is 0 Å². The molecule has 0 fully saturated rings. The number of guanidine groups is 1. The van der Waals surface area contributed by atoms with E-state index in [-0.39, 0.29) is 24.0 Å². The zero-order chi connectivity index (χ0) is 14.6. The van der Waals surface area contributed by atoms with Gasteiger partial charge in [-0.05, 0) is 18.6 Å². The summed E-state index contributed by atoms with van der Waals surface area (Å²) >= 11 is 0. The van der Waals surface area contributed by atoms with Crippen LogP contribution in [-0.2, 0) is 0 Å². The summed E-state index contributed by atoms with van der Waals surface area (Å²) in [5.74, 6) is 2.12. The lowest BCUT2D eigenvalue weighted by atomic mass is 10.3. The standard InChI is InChI=1S/C15H25N3O2.HI/c1-3-4-9-17-15(16)18-10-6-11-20-14-8-5-7-13(12-14)19-2;/h5,7-8,12H,3-4,6,9-11H2,1-2H3,(H3,16,17,18);1H. The highest BCUT2D eigenvalue weighted by Gasteiger charge is 1.96. The molecule has 0 spiro atoms. The Morgan fingerprint density at radius 1 is 1.29 bits per heavy atom. The van der Waals surface area contributed by atoms with Gasteiger partial charge in [-0.25, -0.2) is 0 Å². The minimum absolute atomic E-state index is 0. The van der Waals surface area contributed by atoms with Gasteiger partial charge in [-0.15, -0.1) is 24.0 Å². The van der Waals surface area contributed by atoms with Crippen molar-refractivity contribution in [1.29, 1.82) is 0 Å². The molecule has 3 N–H and O–H groups in total. The maximum atomic E-state index is 5.73. The lowest BCUT2D eigenvalue weighted by Gasteiger charge is -2.07. The van der Waals surface area contributed by atoms with Crippen molar-refractivity contribution in [1.82, 2.24) is 5.32 Å². The Morgan fingerprint density at radius 2 is 2.05 bits per heavy atom. The van der Waals surface area contributed by atoms with Gasteiger partial charge in [0.05, 0.1) is 13.7 Å². The van der Waals surface area contributed by atoms with E-state index in [9.17, 15) is 0 Å². The maximum Gasteiger partial charge on any atom is 0.188 e. The smallest absolute Gasteiger partial charge is 0.188 e. The number of aliphatic imine (C=N–C) groups is 1. The molecule has 1 aromatic rings. The van der Waals surface area contributed by atoms with E-state index in [1.54, 1.807) is 7.11 Å². The number of rotatable bonds is 9. The topological polar surface area (TPSA) is 68.9 Å². The zero-order valence-electron chi connectivity index (χ0n) is 12.8. The van der Waals surface area contributed by atoms with E-state index in [1.165, 1.54) is 0 Å². The molecular formula is C15H26IN3O2. The molecule has 0 aliphatic rings. The van der Waals surface area contributed by atoms with Gasteiger partial charge in [-0.2, -0.15) is 0 Å². The fourth-order valence-corrected chi connectivity index (χ4v) is 1.59. The van der Waals surface area contributed by atoms with Gasteiger partial charge in [0.2, 0.25) is 0 Å². The molecule has 0 amide bonds. The van der Waals surface area contributed by atoms with Crippen LogP contribution in [0.1, 0.15) is 26.2 Å². The first kappa shape index (κ1) is 19.8. The van der Waals surface area contributed by atoms with E-state index in [4.69, 9.17) is 15.2 Å². The van der Waals surface area contributed by atoms with Crippen LogP contribution in [0.25, 0.3) is 0 Å². The molecule has 5 nitrogen and oxygen atoms in total. The van der Waals surface area contributed by atoms with Crippen molar-refractivity contribution in [3.05, 3.63) is 24.3 Å². The van der Waals surface area contributed by atoms with E-state index in [1.807, 2.05) is 24.3 Å². The van der Waals surface area contributed by atoms with Crippen molar-refractivity contribution in [2.24, 2.45) is 10.7 Å². The highest BCUT2D eigenvalue weighted by Crippen LogP contribution is 2.18. The third-order valence-electron chi connectivity index (χ3n) is 2.73. The quantitative estimate of drug-likeness (QED) is 0.286. The van der Waals surface area contributed by atoms with E-state index in [0.717, 1.165) is 37.3 Å².